The Bertz CT molecular complexity index is 3890. The molecule has 0 radical (unpaired) electrons. The summed E-state index contributed by atoms with van der Waals surface area (Å²) in [4.78, 5) is 115. The number of fused-ring (bicyclic) bond motifs is 4. The molecule has 0 fully saturated rings. The lowest BCUT2D eigenvalue weighted by atomic mass is 9.65. The molecular formula is C61H50F6N4O8. The van der Waals surface area contributed by atoms with Crippen molar-refractivity contribution in [1.29, 1.82) is 0 Å². The first-order valence-corrected chi connectivity index (χ1v) is 25.0. The van der Waals surface area contributed by atoms with Crippen LogP contribution in [0.25, 0.3) is 11.1 Å². The fraction of sp³-hybridized carbons (Fsp3) is 0.279. The number of rotatable bonds is 8. The van der Waals surface area contributed by atoms with Crippen LogP contribution in [0, 0.1) is 48.5 Å². The number of amides is 8. The molecule has 0 atom stereocenters. The number of imide groups is 4. The van der Waals surface area contributed by atoms with Crippen molar-refractivity contribution in [3.63, 3.8) is 0 Å². The first-order valence-electron chi connectivity index (χ1n) is 25.0. The number of carbonyl (C=O) groups is 8. The highest BCUT2D eigenvalue weighted by atomic mass is 19.4. The molecule has 4 aliphatic heterocycles. The SMILES string of the molecule is Cc1cc(C)c(N2C(=O)c3ccc(-c4ccc5c(c4)C(=O)N(C(C)(C)C(C)(C)c4c(C)cc(C)c(N6C(=O)c7ccc(C(c8ccc9c(c8)C(=O)N(C)C9=O)(C(F)(F)F)C(F)(F)F)cc7C6=O)c4C)C5=O)cc3C2=O)c(C)c1C. The lowest BCUT2D eigenvalue weighted by Gasteiger charge is -2.48. The molecule has 4 heterocycles. The summed E-state index contributed by atoms with van der Waals surface area (Å²) in [5, 5.41) is 0. The summed E-state index contributed by atoms with van der Waals surface area (Å²) in [6.45, 7) is 19.3. The minimum Gasteiger partial charge on any atom is -0.277 e. The number of alkyl halides is 6. The van der Waals surface area contributed by atoms with Gasteiger partial charge in [0.15, 0.2) is 0 Å². The molecule has 18 heteroatoms. The third-order valence-electron chi connectivity index (χ3n) is 17.2. The van der Waals surface area contributed by atoms with Gasteiger partial charge in [0.25, 0.3) is 47.3 Å². The van der Waals surface area contributed by atoms with E-state index in [4.69, 9.17) is 0 Å². The molecule has 10 rings (SSSR count). The van der Waals surface area contributed by atoms with Crippen LogP contribution in [-0.2, 0) is 10.8 Å². The monoisotopic (exact) mass is 1080 g/mol. The van der Waals surface area contributed by atoms with Crippen LogP contribution in [0.2, 0.25) is 0 Å². The number of anilines is 2. The molecular weight excluding hydrogens is 1030 g/mol. The van der Waals surface area contributed by atoms with Gasteiger partial charge in [-0.3, -0.25) is 48.2 Å². The molecule has 0 bridgehead atoms. The number of hydrogen-bond acceptors (Lipinski definition) is 8. The largest absolute Gasteiger partial charge is 0.411 e. The van der Waals surface area contributed by atoms with Gasteiger partial charge in [-0.2, -0.15) is 26.3 Å². The highest BCUT2D eigenvalue weighted by molar-refractivity contribution is 6.36. The van der Waals surface area contributed by atoms with E-state index in [0.717, 1.165) is 40.3 Å². The minimum atomic E-state index is -6.16. The Labute approximate surface area is 449 Å². The molecule has 0 saturated carbocycles. The molecule has 6 aromatic carbocycles. The first-order chi connectivity index (χ1) is 36.6. The average molecular weight is 1080 g/mol. The quantitative estimate of drug-likeness (QED) is 0.108. The van der Waals surface area contributed by atoms with Crippen LogP contribution in [0.4, 0.5) is 37.7 Å². The summed E-state index contributed by atoms with van der Waals surface area (Å²) < 4.78 is 92.9. The Morgan fingerprint density at radius 1 is 0.367 bits per heavy atom. The third-order valence-corrected chi connectivity index (χ3v) is 17.2. The maximum Gasteiger partial charge on any atom is 0.411 e. The van der Waals surface area contributed by atoms with Gasteiger partial charge in [0.2, 0.25) is 5.41 Å². The number of carbonyl (C=O) groups excluding carboxylic acids is 8. The zero-order valence-electron chi connectivity index (χ0n) is 44.9. The number of hydrogen-bond donors (Lipinski definition) is 0. The maximum atomic E-state index is 15.5. The highest BCUT2D eigenvalue weighted by Gasteiger charge is 2.73. The Hall–Kier alpha value is -8.54. The lowest BCUT2D eigenvalue weighted by molar-refractivity contribution is -0.288. The Morgan fingerprint density at radius 3 is 1.20 bits per heavy atom. The predicted molar refractivity (Wildman–Crippen MR) is 280 cm³/mol. The van der Waals surface area contributed by atoms with Gasteiger partial charge in [0.05, 0.1) is 61.4 Å². The van der Waals surface area contributed by atoms with E-state index in [1.165, 1.54) is 11.0 Å². The minimum absolute atomic E-state index is 0.0232. The van der Waals surface area contributed by atoms with E-state index in [1.807, 2.05) is 33.8 Å². The van der Waals surface area contributed by atoms with Gasteiger partial charge in [0, 0.05) is 12.5 Å². The standard InChI is InChI=1S/C61H50F6N4O8/c1-27-21-29(3)47(32(6)31(27)5)69-51(74)39-17-13-34(23-42(39)53(69)76)35-14-18-41-43(24-35)56(79)71(55(41)78)58(10,11)57(8,9)46-28(2)22-30(4)48(33(46)7)70-52(75)40-20-16-37(26-45(40)54(70)77)59(60(62,63)64,61(65,66)67)36-15-19-38-44(25-36)50(73)68(12)49(38)72/h13-26H,1-12H3. The van der Waals surface area contributed by atoms with Gasteiger partial charge < -0.3 is 0 Å². The summed E-state index contributed by atoms with van der Waals surface area (Å²) in [6.07, 6.45) is -12.3. The van der Waals surface area contributed by atoms with Gasteiger partial charge in [-0.15, -0.1) is 0 Å². The summed E-state index contributed by atoms with van der Waals surface area (Å²) in [5.41, 5.74) is -5.53. The molecule has 79 heavy (non-hydrogen) atoms. The van der Waals surface area contributed by atoms with Crippen molar-refractivity contribution >= 4 is 58.6 Å². The topological polar surface area (TPSA) is 150 Å². The zero-order valence-corrected chi connectivity index (χ0v) is 44.9. The molecule has 0 aliphatic carbocycles. The number of benzene rings is 6. The first kappa shape index (κ1) is 53.8. The van der Waals surface area contributed by atoms with E-state index in [2.05, 4.69) is 0 Å². The molecule has 0 aromatic heterocycles. The molecule has 0 N–H and O–H groups in total. The van der Waals surface area contributed by atoms with Crippen LogP contribution in [0.5, 0.6) is 0 Å². The Balaban J connectivity index is 0.984. The van der Waals surface area contributed by atoms with Crippen LogP contribution in [0.1, 0.15) is 166 Å². The van der Waals surface area contributed by atoms with Crippen LogP contribution in [-0.4, -0.2) is 82.0 Å². The normalized spacial score (nSPS) is 15.8. The van der Waals surface area contributed by atoms with Gasteiger partial charge in [0.1, 0.15) is 0 Å². The maximum absolute atomic E-state index is 15.5. The van der Waals surface area contributed by atoms with E-state index in [-0.39, 0.29) is 33.5 Å². The Morgan fingerprint density at radius 2 is 0.722 bits per heavy atom. The smallest absolute Gasteiger partial charge is 0.277 e. The third kappa shape index (κ3) is 7.14. The molecule has 0 unspecified atom stereocenters. The lowest BCUT2D eigenvalue weighted by Crippen LogP contribution is -2.58. The van der Waals surface area contributed by atoms with Gasteiger partial charge in [-0.05, 0) is 178 Å². The van der Waals surface area contributed by atoms with Crippen molar-refractivity contribution < 1.29 is 64.7 Å². The van der Waals surface area contributed by atoms with Crippen LogP contribution in [0.15, 0.2) is 84.9 Å². The average Bonchev–Trinajstić information content (AvgIpc) is 4.00. The summed E-state index contributed by atoms with van der Waals surface area (Å²) in [5.74, 6) is -6.57. The summed E-state index contributed by atoms with van der Waals surface area (Å²) in [7, 11) is 1.03. The molecule has 404 valence electrons. The van der Waals surface area contributed by atoms with Gasteiger partial charge in [-0.1, -0.05) is 50.2 Å². The molecule has 0 spiro atoms. The van der Waals surface area contributed by atoms with Gasteiger partial charge >= 0.3 is 12.4 Å². The van der Waals surface area contributed by atoms with Crippen LogP contribution >= 0.6 is 0 Å². The van der Waals surface area contributed by atoms with E-state index in [0.29, 0.717) is 73.6 Å². The predicted octanol–water partition coefficient (Wildman–Crippen LogP) is 12.1. The highest BCUT2D eigenvalue weighted by Crippen LogP contribution is 2.57. The molecule has 4 aliphatic rings. The molecule has 6 aromatic rings. The van der Waals surface area contributed by atoms with E-state index >= 15 is 26.3 Å². The number of nitrogens with zero attached hydrogens (tertiary/aromatic N) is 4. The van der Waals surface area contributed by atoms with Crippen molar-refractivity contribution in [1.82, 2.24) is 9.80 Å². The van der Waals surface area contributed by atoms with Crippen molar-refractivity contribution in [2.24, 2.45) is 0 Å². The molecule has 12 nitrogen and oxygen atoms in total. The van der Waals surface area contributed by atoms with E-state index in [9.17, 15) is 38.4 Å². The van der Waals surface area contributed by atoms with Crippen LogP contribution < -0.4 is 9.80 Å². The summed E-state index contributed by atoms with van der Waals surface area (Å²) >= 11 is 0. The van der Waals surface area contributed by atoms with Crippen LogP contribution in [0.3, 0.4) is 0 Å². The fourth-order valence-corrected chi connectivity index (χ4v) is 12.5. The Kier molecular flexibility index (Phi) is 11.7. The fourth-order valence-electron chi connectivity index (χ4n) is 12.5. The second kappa shape index (κ2) is 17.2. The van der Waals surface area contributed by atoms with Crippen molar-refractivity contribution in [2.45, 2.75) is 105 Å². The second-order valence-electron chi connectivity index (χ2n) is 21.9. The van der Waals surface area contributed by atoms with Crippen molar-refractivity contribution in [2.75, 3.05) is 16.8 Å². The van der Waals surface area contributed by atoms with Gasteiger partial charge in [-0.25, -0.2) is 9.80 Å². The van der Waals surface area contributed by atoms with E-state index < -0.39 is 109 Å². The second-order valence-corrected chi connectivity index (χ2v) is 21.9. The van der Waals surface area contributed by atoms with Crippen molar-refractivity contribution in [3.05, 3.63) is 185 Å². The number of halogens is 6. The van der Waals surface area contributed by atoms with E-state index in [1.54, 1.807) is 84.9 Å². The van der Waals surface area contributed by atoms with Crippen molar-refractivity contribution in [3.8, 4) is 11.1 Å². The molecule has 0 saturated heterocycles. The number of aryl methyl sites for hydroxylation is 4. The summed E-state index contributed by atoms with van der Waals surface area (Å²) in [6, 6.07) is 16.2. The zero-order chi connectivity index (χ0) is 58.0. The molecule has 8 amide bonds.